The van der Waals surface area contributed by atoms with Gasteiger partial charge in [0, 0.05) is 23.8 Å². The van der Waals surface area contributed by atoms with E-state index in [4.69, 9.17) is 17.3 Å². The molecule has 0 saturated heterocycles. The number of nitrogens with zero attached hydrogens (tertiary/aromatic N) is 1. The van der Waals surface area contributed by atoms with Gasteiger partial charge in [0.25, 0.3) is 5.91 Å². The number of carbonyl (C=O) groups is 1. The lowest BCUT2D eigenvalue weighted by Gasteiger charge is -2.29. The molecule has 0 aliphatic carbocycles. The minimum atomic E-state index is -0.113. The highest BCUT2D eigenvalue weighted by Crippen LogP contribution is 2.26. The molecular weight excluding hydrogens is 288 g/mol. The van der Waals surface area contributed by atoms with Gasteiger partial charge in [-0.3, -0.25) is 4.79 Å². The molecule has 2 aromatic carbocycles. The number of phenols is 1. The summed E-state index contributed by atoms with van der Waals surface area (Å²) < 4.78 is 0. The van der Waals surface area contributed by atoms with E-state index < -0.39 is 0 Å². The molecule has 0 bridgehead atoms. The number of benzene rings is 2. The number of halogens is 1. The third kappa shape index (κ3) is 2.67. The number of hydrogen-bond donors (Lipinski definition) is 2. The van der Waals surface area contributed by atoms with Crippen LogP contribution in [0.25, 0.3) is 0 Å². The molecule has 1 heterocycles. The Balaban J connectivity index is 1.87. The lowest BCUT2D eigenvalue weighted by molar-refractivity contribution is 0.0735. The summed E-state index contributed by atoms with van der Waals surface area (Å²) in [7, 11) is 0. The average Bonchev–Trinajstić information content (AvgIpc) is 2.46. The molecule has 1 aliphatic rings. The van der Waals surface area contributed by atoms with E-state index in [0.717, 1.165) is 12.0 Å². The first-order valence-corrected chi connectivity index (χ1v) is 7.07. The minimum absolute atomic E-state index is 0.113. The van der Waals surface area contributed by atoms with E-state index in [9.17, 15) is 9.90 Å². The first-order valence-electron chi connectivity index (χ1n) is 6.69. The highest BCUT2D eigenvalue weighted by Gasteiger charge is 2.23. The zero-order valence-electron chi connectivity index (χ0n) is 11.3. The molecule has 0 radical (unpaired) electrons. The summed E-state index contributed by atoms with van der Waals surface area (Å²) in [5.41, 5.74) is 8.86. The molecule has 0 fully saturated rings. The van der Waals surface area contributed by atoms with Gasteiger partial charge < -0.3 is 15.7 Å². The predicted molar refractivity (Wildman–Crippen MR) is 82.4 cm³/mol. The van der Waals surface area contributed by atoms with Crippen LogP contribution in [0.1, 0.15) is 21.5 Å². The molecule has 1 amide bonds. The fourth-order valence-electron chi connectivity index (χ4n) is 2.62. The highest BCUT2D eigenvalue weighted by molar-refractivity contribution is 6.31. The summed E-state index contributed by atoms with van der Waals surface area (Å²) in [6.07, 6.45) is 0.773. The Kier molecular flexibility index (Phi) is 3.47. The molecule has 0 spiro atoms. The van der Waals surface area contributed by atoms with Gasteiger partial charge in [0.1, 0.15) is 5.75 Å². The van der Waals surface area contributed by atoms with Crippen molar-refractivity contribution in [3.8, 4) is 5.75 Å². The molecule has 0 atom stereocenters. The number of nitrogen functional groups attached to an aromatic ring is 1. The van der Waals surface area contributed by atoms with Crippen LogP contribution >= 0.6 is 11.6 Å². The molecule has 4 nitrogen and oxygen atoms in total. The Hall–Kier alpha value is -2.20. The Labute approximate surface area is 127 Å². The maximum absolute atomic E-state index is 12.6. The Bertz CT molecular complexity index is 715. The van der Waals surface area contributed by atoms with Gasteiger partial charge in [0.2, 0.25) is 0 Å². The molecule has 21 heavy (non-hydrogen) atoms. The fraction of sp³-hybridized carbons (Fsp3) is 0.188. The van der Waals surface area contributed by atoms with Crippen LogP contribution < -0.4 is 5.73 Å². The van der Waals surface area contributed by atoms with Crippen LogP contribution in [-0.2, 0) is 13.0 Å². The second-order valence-electron chi connectivity index (χ2n) is 5.16. The fourth-order valence-corrected chi connectivity index (χ4v) is 2.80. The summed E-state index contributed by atoms with van der Waals surface area (Å²) in [5.74, 6) is 0.104. The topological polar surface area (TPSA) is 66.6 Å². The smallest absolute Gasteiger partial charge is 0.256 e. The average molecular weight is 303 g/mol. The number of rotatable bonds is 1. The normalized spacial score (nSPS) is 13.9. The largest absolute Gasteiger partial charge is 0.508 e. The second-order valence-corrected chi connectivity index (χ2v) is 5.60. The van der Waals surface area contributed by atoms with Crippen molar-refractivity contribution in [2.75, 3.05) is 12.3 Å². The first-order chi connectivity index (χ1) is 10.0. The monoisotopic (exact) mass is 302 g/mol. The zero-order chi connectivity index (χ0) is 15.0. The standard InChI is InChI=1S/C16H15ClN2O2/c17-12-2-4-14(15(18)8-12)16(21)19-6-5-10-1-3-13(20)7-11(10)9-19/h1-4,7-8,20H,5-6,9,18H2. The Morgan fingerprint density at radius 1 is 1.19 bits per heavy atom. The predicted octanol–water partition coefficient (Wildman–Crippen LogP) is 2.83. The van der Waals surface area contributed by atoms with Gasteiger partial charge in [-0.15, -0.1) is 0 Å². The third-order valence-corrected chi connectivity index (χ3v) is 3.97. The van der Waals surface area contributed by atoms with Gasteiger partial charge in [0.15, 0.2) is 0 Å². The van der Waals surface area contributed by atoms with E-state index in [2.05, 4.69) is 0 Å². The van der Waals surface area contributed by atoms with Crippen molar-refractivity contribution in [1.29, 1.82) is 0 Å². The van der Waals surface area contributed by atoms with Gasteiger partial charge in [-0.2, -0.15) is 0 Å². The van der Waals surface area contributed by atoms with E-state index in [1.807, 2.05) is 6.07 Å². The van der Waals surface area contributed by atoms with E-state index in [1.54, 1.807) is 35.2 Å². The van der Waals surface area contributed by atoms with Gasteiger partial charge >= 0.3 is 0 Å². The van der Waals surface area contributed by atoms with Crippen LogP contribution in [0.5, 0.6) is 5.75 Å². The van der Waals surface area contributed by atoms with Gasteiger partial charge in [-0.1, -0.05) is 17.7 Å². The molecule has 0 unspecified atom stereocenters. The summed E-state index contributed by atoms with van der Waals surface area (Å²) >= 11 is 5.86. The van der Waals surface area contributed by atoms with Crippen molar-refractivity contribution < 1.29 is 9.90 Å². The van der Waals surface area contributed by atoms with Gasteiger partial charge in [-0.25, -0.2) is 0 Å². The number of carbonyl (C=O) groups excluding carboxylic acids is 1. The molecule has 108 valence electrons. The summed E-state index contributed by atoms with van der Waals surface area (Å²) in [6, 6.07) is 10.2. The van der Waals surface area contributed by atoms with Crippen LogP contribution in [0.4, 0.5) is 5.69 Å². The highest BCUT2D eigenvalue weighted by atomic mass is 35.5. The summed E-state index contributed by atoms with van der Waals surface area (Å²) in [6.45, 7) is 1.11. The molecule has 0 aromatic heterocycles. The number of anilines is 1. The number of amides is 1. The minimum Gasteiger partial charge on any atom is -0.508 e. The van der Waals surface area contributed by atoms with Crippen molar-refractivity contribution in [3.63, 3.8) is 0 Å². The van der Waals surface area contributed by atoms with Crippen molar-refractivity contribution in [1.82, 2.24) is 4.90 Å². The van der Waals surface area contributed by atoms with Gasteiger partial charge in [0.05, 0.1) is 5.56 Å². The van der Waals surface area contributed by atoms with E-state index in [0.29, 0.717) is 29.4 Å². The molecule has 2 aromatic rings. The van der Waals surface area contributed by atoms with E-state index in [1.165, 1.54) is 5.56 Å². The molecule has 1 aliphatic heterocycles. The number of fused-ring (bicyclic) bond motifs is 1. The Morgan fingerprint density at radius 3 is 2.76 bits per heavy atom. The van der Waals surface area contributed by atoms with Crippen LogP contribution in [0, 0.1) is 0 Å². The van der Waals surface area contributed by atoms with Crippen LogP contribution in [0.15, 0.2) is 36.4 Å². The lowest BCUT2D eigenvalue weighted by atomic mass is 9.98. The van der Waals surface area contributed by atoms with Gasteiger partial charge in [-0.05, 0) is 47.9 Å². The van der Waals surface area contributed by atoms with Crippen molar-refractivity contribution in [2.45, 2.75) is 13.0 Å². The maximum atomic E-state index is 12.6. The Morgan fingerprint density at radius 2 is 2.00 bits per heavy atom. The SMILES string of the molecule is Nc1cc(Cl)ccc1C(=O)N1CCc2ccc(O)cc2C1. The van der Waals surface area contributed by atoms with Crippen LogP contribution in [0.3, 0.4) is 0 Å². The van der Waals surface area contributed by atoms with Crippen molar-refractivity contribution >= 4 is 23.2 Å². The maximum Gasteiger partial charge on any atom is 0.256 e. The van der Waals surface area contributed by atoms with Crippen molar-refractivity contribution in [3.05, 3.63) is 58.1 Å². The van der Waals surface area contributed by atoms with E-state index in [-0.39, 0.29) is 11.7 Å². The lowest BCUT2D eigenvalue weighted by Crippen LogP contribution is -2.36. The number of aromatic hydroxyl groups is 1. The molecule has 3 rings (SSSR count). The zero-order valence-corrected chi connectivity index (χ0v) is 12.1. The first kappa shape index (κ1) is 13.8. The van der Waals surface area contributed by atoms with Crippen LogP contribution in [-0.4, -0.2) is 22.5 Å². The summed E-state index contributed by atoms with van der Waals surface area (Å²) in [4.78, 5) is 14.3. The summed E-state index contributed by atoms with van der Waals surface area (Å²) in [5, 5.41) is 10.1. The molecule has 3 N–H and O–H groups in total. The quantitative estimate of drug-likeness (QED) is 0.796. The molecular formula is C16H15ClN2O2. The third-order valence-electron chi connectivity index (χ3n) is 3.73. The number of hydrogen-bond acceptors (Lipinski definition) is 3. The number of phenolic OH excluding ortho intramolecular Hbond substituents is 1. The molecule has 0 saturated carbocycles. The van der Waals surface area contributed by atoms with Crippen molar-refractivity contribution in [2.24, 2.45) is 0 Å². The molecule has 5 heteroatoms. The second kappa shape index (κ2) is 5.30. The van der Waals surface area contributed by atoms with Crippen LogP contribution in [0.2, 0.25) is 5.02 Å². The number of nitrogens with two attached hydrogens (primary N) is 1. The van der Waals surface area contributed by atoms with E-state index >= 15 is 0 Å².